The van der Waals surface area contributed by atoms with Crippen molar-refractivity contribution in [2.24, 2.45) is 7.05 Å². The number of anilines is 1. The third-order valence-electron chi connectivity index (χ3n) is 3.36. The Bertz CT molecular complexity index is 605. The number of carboxylic acid groups (broad SMARTS) is 1. The van der Waals surface area contributed by atoms with Crippen molar-refractivity contribution in [3.63, 3.8) is 0 Å². The first-order chi connectivity index (χ1) is 9.54. The lowest BCUT2D eigenvalue weighted by Gasteiger charge is -2.19. The first kappa shape index (κ1) is 14.1. The highest BCUT2D eigenvalue weighted by atomic mass is 16.4. The molecule has 1 aromatic carbocycles. The lowest BCUT2D eigenvalue weighted by atomic mass is 10.0. The average Bonchev–Trinajstić information content (AvgIpc) is 2.71. The van der Waals surface area contributed by atoms with Gasteiger partial charge in [-0.25, -0.2) is 4.79 Å². The van der Waals surface area contributed by atoms with Gasteiger partial charge in [-0.2, -0.15) is 5.10 Å². The Morgan fingerprint density at radius 2 is 2.05 bits per heavy atom. The average molecular weight is 273 g/mol. The number of hydrogen-bond donors (Lipinski definition) is 2. The van der Waals surface area contributed by atoms with E-state index in [1.165, 1.54) is 0 Å². The Balaban J connectivity index is 2.36. The van der Waals surface area contributed by atoms with E-state index in [0.717, 1.165) is 12.0 Å². The summed E-state index contributed by atoms with van der Waals surface area (Å²) >= 11 is 0. The third-order valence-corrected chi connectivity index (χ3v) is 3.36. The zero-order valence-corrected chi connectivity index (χ0v) is 11.9. The van der Waals surface area contributed by atoms with Crippen LogP contribution in [0.1, 0.15) is 41.0 Å². The molecule has 5 heteroatoms. The molecule has 0 aliphatic heterocycles. The maximum atomic E-state index is 11.4. The van der Waals surface area contributed by atoms with Crippen molar-refractivity contribution in [1.82, 2.24) is 9.78 Å². The van der Waals surface area contributed by atoms with Crippen molar-refractivity contribution >= 4 is 11.8 Å². The number of aromatic nitrogens is 2. The fourth-order valence-corrected chi connectivity index (χ4v) is 2.35. The SMILES string of the molecule is CCC(Nc1c(C(=O)O)c(C)nn1C)c1ccccc1. The molecule has 106 valence electrons. The summed E-state index contributed by atoms with van der Waals surface area (Å²) < 4.78 is 1.59. The molecule has 1 unspecified atom stereocenters. The van der Waals surface area contributed by atoms with Crippen molar-refractivity contribution in [3.05, 3.63) is 47.2 Å². The number of rotatable bonds is 5. The summed E-state index contributed by atoms with van der Waals surface area (Å²) in [7, 11) is 1.75. The van der Waals surface area contributed by atoms with Crippen molar-refractivity contribution in [2.45, 2.75) is 26.3 Å². The van der Waals surface area contributed by atoms with Gasteiger partial charge in [0.15, 0.2) is 0 Å². The maximum absolute atomic E-state index is 11.4. The molecule has 0 radical (unpaired) electrons. The van der Waals surface area contributed by atoms with Crippen LogP contribution in [-0.2, 0) is 7.05 Å². The van der Waals surface area contributed by atoms with Crippen LogP contribution in [-0.4, -0.2) is 20.9 Å². The van der Waals surface area contributed by atoms with Crippen LogP contribution in [0.5, 0.6) is 0 Å². The van der Waals surface area contributed by atoms with Gasteiger partial charge in [0.2, 0.25) is 0 Å². The van der Waals surface area contributed by atoms with Gasteiger partial charge in [-0.15, -0.1) is 0 Å². The molecule has 2 aromatic rings. The van der Waals surface area contributed by atoms with Gasteiger partial charge in [0, 0.05) is 7.05 Å². The minimum Gasteiger partial charge on any atom is -0.477 e. The van der Waals surface area contributed by atoms with Crippen LogP contribution in [0.4, 0.5) is 5.82 Å². The number of benzene rings is 1. The highest BCUT2D eigenvalue weighted by Crippen LogP contribution is 2.26. The summed E-state index contributed by atoms with van der Waals surface area (Å²) in [6.07, 6.45) is 0.854. The maximum Gasteiger partial charge on any atom is 0.341 e. The fraction of sp³-hybridized carbons (Fsp3) is 0.333. The molecule has 20 heavy (non-hydrogen) atoms. The van der Waals surface area contributed by atoms with E-state index >= 15 is 0 Å². The van der Waals surface area contributed by atoms with Crippen LogP contribution in [0.15, 0.2) is 30.3 Å². The van der Waals surface area contributed by atoms with Crippen LogP contribution in [0, 0.1) is 6.92 Å². The zero-order chi connectivity index (χ0) is 14.7. The number of aryl methyl sites for hydroxylation is 2. The molecule has 2 N–H and O–H groups in total. The van der Waals surface area contributed by atoms with Crippen LogP contribution < -0.4 is 5.32 Å². The number of aromatic carboxylic acids is 1. The summed E-state index contributed by atoms with van der Waals surface area (Å²) in [6.45, 7) is 3.77. The van der Waals surface area contributed by atoms with Crippen molar-refractivity contribution in [1.29, 1.82) is 0 Å². The van der Waals surface area contributed by atoms with E-state index < -0.39 is 5.97 Å². The molecule has 0 aliphatic rings. The van der Waals surface area contributed by atoms with E-state index in [2.05, 4.69) is 17.3 Å². The summed E-state index contributed by atoms with van der Waals surface area (Å²) in [6, 6.07) is 10.0. The predicted octanol–water partition coefficient (Wildman–Crippen LogP) is 2.99. The molecular weight excluding hydrogens is 254 g/mol. The Kier molecular flexibility index (Phi) is 4.08. The molecule has 0 spiro atoms. The van der Waals surface area contributed by atoms with Crippen LogP contribution in [0.25, 0.3) is 0 Å². The van der Waals surface area contributed by atoms with Gasteiger partial charge < -0.3 is 10.4 Å². The van der Waals surface area contributed by atoms with Crippen molar-refractivity contribution in [2.75, 3.05) is 5.32 Å². The summed E-state index contributed by atoms with van der Waals surface area (Å²) in [5.74, 6) is -0.410. The third kappa shape index (κ3) is 2.66. The molecule has 1 aromatic heterocycles. The topological polar surface area (TPSA) is 67.2 Å². The quantitative estimate of drug-likeness (QED) is 0.878. The molecular formula is C15H19N3O2. The number of hydrogen-bond acceptors (Lipinski definition) is 3. The number of nitrogens with one attached hydrogen (secondary N) is 1. The minimum absolute atomic E-state index is 0.0594. The molecule has 0 fully saturated rings. The molecule has 0 amide bonds. The molecule has 0 saturated carbocycles. The van der Waals surface area contributed by atoms with Gasteiger partial charge >= 0.3 is 5.97 Å². The standard InChI is InChI=1S/C15H19N3O2/c1-4-12(11-8-6-5-7-9-11)16-14-13(15(19)20)10(2)17-18(14)3/h5-9,12,16H,4H2,1-3H3,(H,19,20). The fourth-order valence-electron chi connectivity index (χ4n) is 2.35. The second kappa shape index (κ2) is 5.77. The minimum atomic E-state index is -0.957. The van der Waals surface area contributed by atoms with E-state index in [-0.39, 0.29) is 11.6 Å². The largest absolute Gasteiger partial charge is 0.477 e. The van der Waals surface area contributed by atoms with Gasteiger partial charge in [0.1, 0.15) is 11.4 Å². The van der Waals surface area contributed by atoms with E-state index in [0.29, 0.717) is 11.5 Å². The lowest BCUT2D eigenvalue weighted by molar-refractivity contribution is 0.0697. The Morgan fingerprint density at radius 1 is 1.40 bits per heavy atom. The van der Waals surface area contributed by atoms with Gasteiger partial charge in [-0.3, -0.25) is 4.68 Å². The Labute approximate surface area is 118 Å². The molecule has 1 atom stereocenters. The summed E-state index contributed by atoms with van der Waals surface area (Å²) in [5, 5.41) is 16.8. The van der Waals surface area contributed by atoms with Gasteiger partial charge in [-0.05, 0) is 18.9 Å². The first-order valence-electron chi connectivity index (χ1n) is 6.63. The van der Waals surface area contributed by atoms with Crippen LogP contribution in [0.2, 0.25) is 0 Å². The van der Waals surface area contributed by atoms with E-state index in [9.17, 15) is 9.90 Å². The van der Waals surface area contributed by atoms with E-state index in [1.807, 2.05) is 30.3 Å². The smallest absolute Gasteiger partial charge is 0.341 e. The second-order valence-electron chi connectivity index (χ2n) is 4.75. The summed E-state index contributed by atoms with van der Waals surface area (Å²) in [4.78, 5) is 11.4. The number of carboxylic acids is 1. The molecule has 0 bridgehead atoms. The monoisotopic (exact) mass is 273 g/mol. The molecule has 5 nitrogen and oxygen atoms in total. The Hall–Kier alpha value is -2.30. The number of carbonyl (C=O) groups is 1. The number of nitrogens with zero attached hydrogens (tertiary/aromatic N) is 2. The second-order valence-corrected chi connectivity index (χ2v) is 4.75. The highest BCUT2D eigenvalue weighted by Gasteiger charge is 2.21. The highest BCUT2D eigenvalue weighted by molar-refractivity contribution is 5.94. The molecule has 0 aliphatic carbocycles. The lowest BCUT2D eigenvalue weighted by Crippen LogP contribution is -2.15. The molecule has 0 saturated heterocycles. The first-order valence-corrected chi connectivity index (χ1v) is 6.63. The van der Waals surface area contributed by atoms with Crippen molar-refractivity contribution < 1.29 is 9.90 Å². The van der Waals surface area contributed by atoms with Gasteiger partial charge in [0.25, 0.3) is 0 Å². The Morgan fingerprint density at radius 3 is 2.60 bits per heavy atom. The zero-order valence-electron chi connectivity index (χ0n) is 11.9. The van der Waals surface area contributed by atoms with Crippen LogP contribution >= 0.6 is 0 Å². The van der Waals surface area contributed by atoms with E-state index in [1.54, 1.807) is 18.7 Å². The molecule has 2 rings (SSSR count). The van der Waals surface area contributed by atoms with E-state index in [4.69, 9.17) is 0 Å². The van der Waals surface area contributed by atoms with Gasteiger partial charge in [-0.1, -0.05) is 37.3 Å². The van der Waals surface area contributed by atoms with Crippen molar-refractivity contribution in [3.8, 4) is 0 Å². The van der Waals surface area contributed by atoms with Crippen LogP contribution in [0.3, 0.4) is 0 Å². The predicted molar refractivity (Wildman–Crippen MR) is 78.0 cm³/mol. The van der Waals surface area contributed by atoms with Gasteiger partial charge in [0.05, 0.1) is 11.7 Å². The molecule has 1 heterocycles. The summed E-state index contributed by atoms with van der Waals surface area (Å²) in [5.41, 5.74) is 1.89. The normalized spacial score (nSPS) is 12.2.